The van der Waals surface area contributed by atoms with Crippen molar-refractivity contribution in [2.75, 3.05) is 0 Å². The Balaban J connectivity index is 2.92. The highest BCUT2D eigenvalue weighted by Crippen LogP contribution is 2.23. The van der Waals surface area contributed by atoms with Gasteiger partial charge in [0.05, 0.1) is 5.02 Å². The van der Waals surface area contributed by atoms with E-state index in [1.165, 1.54) is 13.0 Å². The van der Waals surface area contributed by atoms with Crippen LogP contribution in [0.1, 0.15) is 12.5 Å². The Bertz CT molecular complexity index is 358. The topological polar surface area (TPSA) is 17.1 Å². The molecule has 0 spiro atoms. The normalized spacial score (nSPS) is 10.7. The van der Waals surface area contributed by atoms with Crippen molar-refractivity contribution < 1.29 is 4.79 Å². The van der Waals surface area contributed by atoms with E-state index in [9.17, 15) is 4.79 Å². The Labute approximate surface area is 90.5 Å². The zero-order valence-corrected chi connectivity index (χ0v) is 9.39. The highest BCUT2D eigenvalue weighted by Gasteiger charge is 1.95. The maximum Gasteiger partial charge on any atom is 0.152 e. The number of carbonyl (C=O) groups excluding carboxylic acids is 1. The second-order valence-electron chi connectivity index (χ2n) is 2.62. The van der Waals surface area contributed by atoms with Gasteiger partial charge in [-0.15, -0.1) is 0 Å². The Hall–Kier alpha value is -0.600. The standard InChI is InChI=1S/C10H8BrClO/c1-7(13)2-3-8-4-5-10(12)9(11)6-8/h2-6H,1H3/b3-2+. The molecule has 1 rings (SSSR count). The van der Waals surface area contributed by atoms with Crippen molar-refractivity contribution in [2.45, 2.75) is 6.92 Å². The van der Waals surface area contributed by atoms with Gasteiger partial charge in [-0.25, -0.2) is 0 Å². The van der Waals surface area contributed by atoms with Crippen LogP contribution in [0.4, 0.5) is 0 Å². The van der Waals surface area contributed by atoms with E-state index in [-0.39, 0.29) is 5.78 Å². The third-order valence-corrected chi connectivity index (χ3v) is 2.67. The van der Waals surface area contributed by atoms with Gasteiger partial charge in [0.15, 0.2) is 5.78 Å². The van der Waals surface area contributed by atoms with Crippen molar-refractivity contribution in [1.29, 1.82) is 0 Å². The summed E-state index contributed by atoms with van der Waals surface area (Å²) in [5.74, 6) is 0.0334. The molecule has 0 atom stereocenters. The Morgan fingerprint density at radius 1 is 1.54 bits per heavy atom. The molecule has 1 nitrogen and oxygen atoms in total. The van der Waals surface area contributed by atoms with Gasteiger partial charge in [0.25, 0.3) is 0 Å². The van der Waals surface area contributed by atoms with Gasteiger partial charge in [-0.3, -0.25) is 4.79 Å². The van der Waals surface area contributed by atoms with Crippen LogP contribution in [-0.2, 0) is 4.79 Å². The lowest BCUT2D eigenvalue weighted by molar-refractivity contribution is -0.112. The molecule has 68 valence electrons. The maximum atomic E-state index is 10.6. The molecule has 0 unspecified atom stereocenters. The SMILES string of the molecule is CC(=O)/C=C/c1ccc(Cl)c(Br)c1. The van der Waals surface area contributed by atoms with E-state index in [1.807, 2.05) is 12.1 Å². The molecule has 1 aromatic rings. The third-order valence-electron chi connectivity index (χ3n) is 1.45. The van der Waals surface area contributed by atoms with Crippen molar-refractivity contribution in [3.8, 4) is 0 Å². The number of hydrogen-bond donors (Lipinski definition) is 0. The lowest BCUT2D eigenvalue weighted by atomic mass is 10.2. The molecule has 3 heteroatoms. The van der Waals surface area contributed by atoms with E-state index in [0.29, 0.717) is 5.02 Å². The van der Waals surface area contributed by atoms with Crippen molar-refractivity contribution >= 4 is 39.4 Å². The van der Waals surface area contributed by atoms with Crippen LogP contribution < -0.4 is 0 Å². The van der Waals surface area contributed by atoms with Gasteiger partial charge in [0, 0.05) is 4.47 Å². The number of benzene rings is 1. The summed E-state index contributed by atoms with van der Waals surface area (Å²) >= 11 is 9.11. The zero-order chi connectivity index (χ0) is 9.84. The lowest BCUT2D eigenvalue weighted by Crippen LogP contribution is -1.80. The van der Waals surface area contributed by atoms with Crippen molar-refractivity contribution in [2.24, 2.45) is 0 Å². The quantitative estimate of drug-likeness (QED) is 0.740. The third kappa shape index (κ3) is 3.33. The molecule has 0 radical (unpaired) electrons. The fourth-order valence-corrected chi connectivity index (χ4v) is 1.34. The maximum absolute atomic E-state index is 10.6. The van der Waals surface area contributed by atoms with Crippen LogP contribution in [0.2, 0.25) is 5.02 Å². The highest BCUT2D eigenvalue weighted by atomic mass is 79.9. The molecule has 0 aliphatic rings. The van der Waals surface area contributed by atoms with Gasteiger partial charge in [-0.05, 0) is 46.6 Å². The first kappa shape index (κ1) is 10.5. The number of allylic oxidation sites excluding steroid dienone is 1. The second kappa shape index (κ2) is 4.58. The molecule has 0 heterocycles. The van der Waals surface area contributed by atoms with E-state index in [2.05, 4.69) is 15.9 Å². The van der Waals surface area contributed by atoms with E-state index in [0.717, 1.165) is 10.0 Å². The van der Waals surface area contributed by atoms with Crippen LogP contribution in [0, 0.1) is 0 Å². The van der Waals surface area contributed by atoms with Gasteiger partial charge in [-0.2, -0.15) is 0 Å². The van der Waals surface area contributed by atoms with E-state index < -0.39 is 0 Å². The largest absolute Gasteiger partial charge is 0.295 e. The molecule has 0 N–H and O–H groups in total. The molecule has 13 heavy (non-hydrogen) atoms. The molecular weight excluding hydrogens is 251 g/mol. The number of halogens is 2. The minimum atomic E-state index is 0.0334. The molecule has 0 saturated heterocycles. The summed E-state index contributed by atoms with van der Waals surface area (Å²) in [4.78, 5) is 10.6. The molecular formula is C10H8BrClO. The van der Waals surface area contributed by atoms with Crippen LogP contribution in [0.15, 0.2) is 28.7 Å². The second-order valence-corrected chi connectivity index (χ2v) is 3.88. The fraction of sp³-hybridized carbons (Fsp3) is 0.100. The Kier molecular flexibility index (Phi) is 3.70. The smallest absolute Gasteiger partial charge is 0.152 e. The summed E-state index contributed by atoms with van der Waals surface area (Å²) in [7, 11) is 0. The Morgan fingerprint density at radius 3 is 2.77 bits per heavy atom. The average Bonchev–Trinajstić information content (AvgIpc) is 2.07. The van der Waals surface area contributed by atoms with E-state index in [4.69, 9.17) is 11.6 Å². The van der Waals surface area contributed by atoms with Crippen LogP contribution in [0.25, 0.3) is 6.08 Å². The first-order valence-electron chi connectivity index (χ1n) is 3.73. The monoisotopic (exact) mass is 258 g/mol. The van der Waals surface area contributed by atoms with Crippen LogP contribution >= 0.6 is 27.5 Å². The molecule has 0 saturated carbocycles. The van der Waals surface area contributed by atoms with Gasteiger partial charge in [0.2, 0.25) is 0 Å². The van der Waals surface area contributed by atoms with Gasteiger partial charge >= 0.3 is 0 Å². The summed E-state index contributed by atoms with van der Waals surface area (Å²) in [6, 6.07) is 5.50. The minimum absolute atomic E-state index is 0.0334. The molecule has 0 amide bonds. The summed E-state index contributed by atoms with van der Waals surface area (Å²) in [6.45, 7) is 1.52. The number of rotatable bonds is 2. The van der Waals surface area contributed by atoms with Crippen molar-refractivity contribution in [3.05, 3.63) is 39.3 Å². The van der Waals surface area contributed by atoms with Gasteiger partial charge in [-0.1, -0.05) is 23.7 Å². The molecule has 0 bridgehead atoms. The summed E-state index contributed by atoms with van der Waals surface area (Å²) in [5, 5.41) is 0.667. The first-order valence-corrected chi connectivity index (χ1v) is 4.90. The first-order chi connectivity index (χ1) is 6.09. The highest BCUT2D eigenvalue weighted by molar-refractivity contribution is 9.10. The average molecular weight is 260 g/mol. The molecule has 0 fully saturated rings. The fourth-order valence-electron chi connectivity index (χ4n) is 0.830. The molecule has 0 aliphatic heterocycles. The zero-order valence-electron chi connectivity index (χ0n) is 7.05. The van der Waals surface area contributed by atoms with Crippen LogP contribution in [0.5, 0.6) is 0 Å². The summed E-state index contributed by atoms with van der Waals surface area (Å²) < 4.78 is 0.833. The minimum Gasteiger partial charge on any atom is -0.295 e. The number of carbonyl (C=O) groups is 1. The van der Waals surface area contributed by atoms with Crippen molar-refractivity contribution in [1.82, 2.24) is 0 Å². The number of ketones is 1. The summed E-state index contributed by atoms with van der Waals surface area (Å²) in [5.41, 5.74) is 0.950. The van der Waals surface area contributed by atoms with Crippen LogP contribution in [0.3, 0.4) is 0 Å². The molecule has 0 aromatic heterocycles. The predicted octanol–water partition coefficient (Wildman–Crippen LogP) is 3.70. The van der Waals surface area contributed by atoms with Gasteiger partial charge in [0.1, 0.15) is 0 Å². The summed E-state index contributed by atoms with van der Waals surface area (Å²) in [6.07, 6.45) is 3.28. The van der Waals surface area contributed by atoms with E-state index >= 15 is 0 Å². The molecule has 0 aliphatic carbocycles. The van der Waals surface area contributed by atoms with Crippen LogP contribution in [-0.4, -0.2) is 5.78 Å². The van der Waals surface area contributed by atoms with Gasteiger partial charge < -0.3 is 0 Å². The Morgan fingerprint density at radius 2 is 2.23 bits per heavy atom. The van der Waals surface area contributed by atoms with Crippen molar-refractivity contribution in [3.63, 3.8) is 0 Å². The molecule has 1 aromatic carbocycles. The lowest BCUT2D eigenvalue weighted by Gasteiger charge is -1.96. The predicted molar refractivity (Wildman–Crippen MR) is 58.9 cm³/mol. The van der Waals surface area contributed by atoms with E-state index in [1.54, 1.807) is 12.1 Å². The number of hydrogen-bond acceptors (Lipinski definition) is 1.